The minimum atomic E-state index is -0.783. The van der Waals surface area contributed by atoms with Crippen molar-refractivity contribution in [3.63, 3.8) is 0 Å². The number of carbonyl (C=O) groups is 1. The SMILES string of the molecule is CC1CNCC1C(=O)Nc1c(F)cc(F)cc1Br. The Morgan fingerprint density at radius 2 is 2.17 bits per heavy atom. The van der Waals surface area contributed by atoms with Gasteiger partial charge in [0.15, 0.2) is 5.82 Å². The quantitative estimate of drug-likeness (QED) is 0.879. The van der Waals surface area contributed by atoms with Crippen LogP contribution < -0.4 is 10.6 Å². The smallest absolute Gasteiger partial charge is 0.229 e. The molecule has 6 heteroatoms. The molecule has 2 atom stereocenters. The average molecular weight is 319 g/mol. The van der Waals surface area contributed by atoms with Crippen molar-refractivity contribution in [1.29, 1.82) is 0 Å². The third kappa shape index (κ3) is 2.70. The second-order valence-electron chi connectivity index (χ2n) is 4.48. The Bertz CT molecular complexity index is 458. The van der Waals surface area contributed by atoms with Crippen LogP contribution in [-0.2, 0) is 4.79 Å². The van der Waals surface area contributed by atoms with Gasteiger partial charge in [0, 0.05) is 17.1 Å². The van der Waals surface area contributed by atoms with E-state index in [2.05, 4.69) is 26.6 Å². The van der Waals surface area contributed by atoms with Crippen LogP contribution in [0.1, 0.15) is 6.92 Å². The van der Waals surface area contributed by atoms with Gasteiger partial charge >= 0.3 is 0 Å². The molecule has 3 nitrogen and oxygen atoms in total. The van der Waals surface area contributed by atoms with Crippen LogP contribution in [0.3, 0.4) is 0 Å². The van der Waals surface area contributed by atoms with E-state index in [1.54, 1.807) is 0 Å². The van der Waals surface area contributed by atoms with Crippen LogP contribution >= 0.6 is 15.9 Å². The van der Waals surface area contributed by atoms with Gasteiger partial charge in [-0.3, -0.25) is 4.79 Å². The van der Waals surface area contributed by atoms with Gasteiger partial charge in [-0.05, 0) is 34.5 Å². The standard InChI is InChI=1S/C12H13BrF2N2O/c1-6-4-16-5-8(6)12(18)17-11-9(13)2-7(14)3-10(11)15/h2-3,6,8,16H,4-5H2,1H3,(H,17,18). The zero-order valence-corrected chi connectivity index (χ0v) is 11.4. The highest BCUT2D eigenvalue weighted by atomic mass is 79.9. The summed E-state index contributed by atoms with van der Waals surface area (Å²) in [6.07, 6.45) is 0. The molecule has 0 aliphatic carbocycles. The Morgan fingerprint density at radius 3 is 2.72 bits per heavy atom. The number of hydrogen-bond donors (Lipinski definition) is 2. The first-order chi connectivity index (χ1) is 8.49. The fraction of sp³-hybridized carbons (Fsp3) is 0.417. The maximum absolute atomic E-state index is 13.6. The number of amides is 1. The molecule has 0 saturated carbocycles. The number of rotatable bonds is 2. The highest BCUT2D eigenvalue weighted by Gasteiger charge is 2.30. The van der Waals surface area contributed by atoms with Crippen molar-refractivity contribution < 1.29 is 13.6 Å². The summed E-state index contributed by atoms with van der Waals surface area (Å²) >= 11 is 3.04. The third-order valence-electron chi connectivity index (χ3n) is 3.11. The summed E-state index contributed by atoms with van der Waals surface area (Å²) in [7, 11) is 0. The molecule has 2 N–H and O–H groups in total. The van der Waals surface area contributed by atoms with Crippen LogP contribution in [0, 0.1) is 23.5 Å². The summed E-state index contributed by atoms with van der Waals surface area (Å²) in [4.78, 5) is 12.0. The molecule has 0 spiro atoms. The zero-order chi connectivity index (χ0) is 13.3. The molecule has 0 aromatic heterocycles. The Balaban J connectivity index is 2.17. The maximum Gasteiger partial charge on any atom is 0.229 e. The van der Waals surface area contributed by atoms with Crippen LogP contribution in [0.5, 0.6) is 0 Å². The molecule has 1 heterocycles. The van der Waals surface area contributed by atoms with Gasteiger partial charge < -0.3 is 10.6 Å². The van der Waals surface area contributed by atoms with Crippen molar-refractivity contribution >= 4 is 27.5 Å². The molecule has 1 aromatic carbocycles. The van der Waals surface area contributed by atoms with Crippen molar-refractivity contribution in [2.24, 2.45) is 11.8 Å². The third-order valence-corrected chi connectivity index (χ3v) is 3.73. The molecule has 18 heavy (non-hydrogen) atoms. The molecule has 1 saturated heterocycles. The summed E-state index contributed by atoms with van der Waals surface area (Å²) in [5.74, 6) is -1.71. The minimum absolute atomic E-state index is 0.0134. The fourth-order valence-electron chi connectivity index (χ4n) is 2.04. The molecule has 1 aliphatic rings. The molecule has 0 radical (unpaired) electrons. The molecule has 1 aromatic rings. The van der Waals surface area contributed by atoms with E-state index in [0.717, 1.165) is 18.7 Å². The first kappa shape index (κ1) is 13.4. The molecule has 2 unspecified atom stereocenters. The second-order valence-corrected chi connectivity index (χ2v) is 5.33. The molecule has 98 valence electrons. The monoisotopic (exact) mass is 318 g/mol. The highest BCUT2D eigenvalue weighted by Crippen LogP contribution is 2.28. The van der Waals surface area contributed by atoms with E-state index >= 15 is 0 Å². The van der Waals surface area contributed by atoms with Crippen molar-refractivity contribution in [3.8, 4) is 0 Å². The summed E-state index contributed by atoms with van der Waals surface area (Å²) in [6, 6.07) is 1.87. The summed E-state index contributed by atoms with van der Waals surface area (Å²) in [5, 5.41) is 5.61. The summed E-state index contributed by atoms with van der Waals surface area (Å²) in [6.45, 7) is 3.30. The van der Waals surface area contributed by atoms with Gasteiger partial charge in [0.05, 0.1) is 11.6 Å². The lowest BCUT2D eigenvalue weighted by atomic mass is 9.97. The maximum atomic E-state index is 13.6. The van der Waals surface area contributed by atoms with E-state index in [1.165, 1.54) is 0 Å². The predicted molar refractivity (Wildman–Crippen MR) is 68.2 cm³/mol. The van der Waals surface area contributed by atoms with Crippen LogP contribution in [0.4, 0.5) is 14.5 Å². The minimum Gasteiger partial charge on any atom is -0.322 e. The summed E-state index contributed by atoms with van der Waals surface area (Å²) in [5.41, 5.74) is -0.0134. The zero-order valence-electron chi connectivity index (χ0n) is 9.77. The van der Waals surface area contributed by atoms with Crippen molar-refractivity contribution in [3.05, 3.63) is 28.2 Å². The molecule has 1 amide bonds. The van der Waals surface area contributed by atoms with E-state index in [4.69, 9.17) is 0 Å². The number of hydrogen-bond acceptors (Lipinski definition) is 2. The highest BCUT2D eigenvalue weighted by molar-refractivity contribution is 9.10. The fourth-order valence-corrected chi connectivity index (χ4v) is 2.55. The number of anilines is 1. The van der Waals surface area contributed by atoms with E-state index in [9.17, 15) is 13.6 Å². The van der Waals surface area contributed by atoms with Crippen LogP contribution in [-0.4, -0.2) is 19.0 Å². The van der Waals surface area contributed by atoms with Crippen molar-refractivity contribution in [2.45, 2.75) is 6.92 Å². The summed E-state index contributed by atoms with van der Waals surface area (Å²) < 4.78 is 26.7. The normalized spacial score (nSPS) is 23.1. The van der Waals surface area contributed by atoms with Gasteiger partial charge in [-0.25, -0.2) is 8.78 Å². The van der Waals surface area contributed by atoms with Crippen molar-refractivity contribution in [2.75, 3.05) is 18.4 Å². The van der Waals surface area contributed by atoms with Gasteiger partial charge in [0.25, 0.3) is 0 Å². The number of halogens is 3. The van der Waals surface area contributed by atoms with Gasteiger partial charge in [-0.15, -0.1) is 0 Å². The number of carbonyl (C=O) groups excluding carboxylic acids is 1. The van der Waals surface area contributed by atoms with Gasteiger partial charge in [0.1, 0.15) is 5.82 Å². The molecule has 0 bridgehead atoms. The van der Waals surface area contributed by atoms with Crippen molar-refractivity contribution in [1.82, 2.24) is 5.32 Å². The number of nitrogens with one attached hydrogen (secondary N) is 2. The Kier molecular flexibility index (Phi) is 3.97. The first-order valence-corrected chi connectivity index (χ1v) is 6.44. The topological polar surface area (TPSA) is 41.1 Å². The molecule has 2 rings (SSSR count). The lowest BCUT2D eigenvalue weighted by Gasteiger charge is -2.15. The van der Waals surface area contributed by atoms with E-state index in [1.807, 2.05) is 6.92 Å². The van der Waals surface area contributed by atoms with E-state index < -0.39 is 11.6 Å². The first-order valence-electron chi connectivity index (χ1n) is 5.65. The van der Waals surface area contributed by atoms with E-state index in [0.29, 0.717) is 6.54 Å². The van der Waals surface area contributed by atoms with Gasteiger partial charge in [-0.1, -0.05) is 6.92 Å². The molecule has 1 aliphatic heterocycles. The average Bonchev–Trinajstić information content (AvgIpc) is 2.69. The van der Waals surface area contributed by atoms with Crippen LogP contribution in [0.15, 0.2) is 16.6 Å². The molecule has 1 fully saturated rings. The largest absolute Gasteiger partial charge is 0.322 e. The van der Waals surface area contributed by atoms with E-state index in [-0.39, 0.29) is 27.9 Å². The Morgan fingerprint density at radius 1 is 1.44 bits per heavy atom. The lowest BCUT2D eigenvalue weighted by molar-refractivity contribution is -0.120. The second kappa shape index (κ2) is 5.32. The van der Waals surface area contributed by atoms with Crippen LogP contribution in [0.2, 0.25) is 0 Å². The van der Waals surface area contributed by atoms with Crippen LogP contribution in [0.25, 0.3) is 0 Å². The van der Waals surface area contributed by atoms with Gasteiger partial charge in [0.2, 0.25) is 5.91 Å². The Hall–Kier alpha value is -1.01. The lowest BCUT2D eigenvalue weighted by Crippen LogP contribution is -2.28. The molecular weight excluding hydrogens is 306 g/mol. The van der Waals surface area contributed by atoms with Gasteiger partial charge in [-0.2, -0.15) is 0 Å². The Labute approximate surface area is 112 Å². The predicted octanol–water partition coefficient (Wildman–Crippen LogP) is 2.52. The number of benzene rings is 1. The molecular formula is C12H13BrF2N2O.